The fourth-order valence-electron chi connectivity index (χ4n) is 0.973. The standard InChI is InChI=1S/C10H6F6S/c11-9(12,13)8-3-1-7(2-4-8)5-6-17-10(14,15)16/h1-6H/b6-5+. The van der Waals surface area contributed by atoms with Crippen LogP contribution in [0.1, 0.15) is 11.1 Å². The molecule has 0 saturated heterocycles. The molecule has 17 heavy (non-hydrogen) atoms. The zero-order valence-electron chi connectivity index (χ0n) is 8.14. The van der Waals surface area contributed by atoms with Crippen molar-refractivity contribution in [3.05, 3.63) is 40.8 Å². The molecule has 0 bridgehead atoms. The van der Waals surface area contributed by atoms with Crippen molar-refractivity contribution >= 4 is 17.8 Å². The number of halogens is 6. The number of rotatable bonds is 2. The second-order valence-electron chi connectivity index (χ2n) is 2.99. The van der Waals surface area contributed by atoms with E-state index in [4.69, 9.17) is 0 Å². The monoisotopic (exact) mass is 272 g/mol. The lowest BCUT2D eigenvalue weighted by atomic mass is 10.1. The number of benzene rings is 1. The van der Waals surface area contributed by atoms with Crippen molar-refractivity contribution in [2.75, 3.05) is 0 Å². The first-order valence-electron chi connectivity index (χ1n) is 4.27. The minimum atomic E-state index is -4.44. The van der Waals surface area contributed by atoms with E-state index in [0.29, 0.717) is 0 Å². The summed E-state index contributed by atoms with van der Waals surface area (Å²) in [6.07, 6.45) is -3.35. The molecule has 0 atom stereocenters. The Morgan fingerprint density at radius 2 is 1.41 bits per heavy atom. The van der Waals surface area contributed by atoms with Gasteiger partial charge in [0.15, 0.2) is 0 Å². The van der Waals surface area contributed by atoms with Crippen LogP contribution in [0.2, 0.25) is 0 Å². The molecule has 0 aromatic heterocycles. The lowest BCUT2D eigenvalue weighted by Gasteiger charge is -2.05. The van der Waals surface area contributed by atoms with Crippen molar-refractivity contribution in [1.82, 2.24) is 0 Å². The summed E-state index contributed by atoms with van der Waals surface area (Å²) in [4.78, 5) is 0. The van der Waals surface area contributed by atoms with E-state index < -0.39 is 17.2 Å². The first-order valence-corrected chi connectivity index (χ1v) is 5.15. The van der Waals surface area contributed by atoms with Crippen LogP contribution in [0.4, 0.5) is 26.3 Å². The third-order valence-corrected chi connectivity index (χ3v) is 2.24. The Balaban J connectivity index is 2.69. The van der Waals surface area contributed by atoms with Gasteiger partial charge in [0, 0.05) is 0 Å². The molecule has 0 unspecified atom stereocenters. The highest BCUT2D eigenvalue weighted by Crippen LogP contribution is 2.32. The van der Waals surface area contributed by atoms with Gasteiger partial charge in [-0.15, -0.1) is 0 Å². The summed E-state index contributed by atoms with van der Waals surface area (Å²) >= 11 is -0.365. The van der Waals surface area contributed by atoms with Crippen LogP contribution in [0.15, 0.2) is 29.7 Å². The van der Waals surface area contributed by atoms with E-state index in [0.717, 1.165) is 35.7 Å². The highest BCUT2D eigenvalue weighted by Gasteiger charge is 2.30. The molecule has 0 fully saturated rings. The lowest BCUT2D eigenvalue weighted by Crippen LogP contribution is -2.03. The van der Waals surface area contributed by atoms with E-state index in [9.17, 15) is 26.3 Å². The maximum absolute atomic E-state index is 12.2. The second-order valence-corrected chi connectivity index (χ2v) is 3.96. The zero-order chi connectivity index (χ0) is 13.1. The van der Waals surface area contributed by atoms with Gasteiger partial charge in [0.1, 0.15) is 0 Å². The van der Waals surface area contributed by atoms with Gasteiger partial charge in [0.2, 0.25) is 0 Å². The van der Waals surface area contributed by atoms with Crippen LogP contribution in [-0.2, 0) is 6.18 Å². The molecule has 1 aromatic carbocycles. The lowest BCUT2D eigenvalue weighted by molar-refractivity contribution is -0.137. The van der Waals surface area contributed by atoms with Gasteiger partial charge in [-0.2, -0.15) is 26.3 Å². The average Bonchev–Trinajstić information content (AvgIpc) is 2.15. The Bertz CT molecular complexity index is 387. The molecule has 0 spiro atoms. The molecule has 0 saturated carbocycles. The molecule has 0 nitrogen and oxygen atoms in total. The van der Waals surface area contributed by atoms with Crippen molar-refractivity contribution in [3.63, 3.8) is 0 Å². The summed E-state index contributed by atoms with van der Waals surface area (Å²) in [6.45, 7) is 0. The highest BCUT2D eigenvalue weighted by molar-refractivity contribution is 8.03. The van der Waals surface area contributed by atoms with Gasteiger partial charge in [0.05, 0.1) is 5.56 Å². The van der Waals surface area contributed by atoms with E-state index >= 15 is 0 Å². The number of hydrogen-bond donors (Lipinski definition) is 0. The summed E-state index contributed by atoms with van der Waals surface area (Å²) in [5.74, 6) is 0. The molecule has 0 aliphatic heterocycles. The summed E-state index contributed by atoms with van der Waals surface area (Å²) < 4.78 is 71.7. The molecule has 0 N–H and O–H groups in total. The SMILES string of the molecule is FC(F)(F)S/C=C/c1ccc(C(F)(F)F)cc1. The highest BCUT2D eigenvalue weighted by atomic mass is 32.2. The van der Waals surface area contributed by atoms with Crippen LogP contribution < -0.4 is 0 Å². The minimum absolute atomic E-state index is 0.273. The summed E-state index contributed by atoms with van der Waals surface area (Å²) in [5, 5.41) is 0.780. The summed E-state index contributed by atoms with van der Waals surface area (Å²) in [7, 11) is 0. The zero-order valence-corrected chi connectivity index (χ0v) is 8.96. The first-order chi connectivity index (χ1) is 7.68. The molecule has 0 heterocycles. The van der Waals surface area contributed by atoms with Gasteiger partial charge in [-0.3, -0.25) is 0 Å². The van der Waals surface area contributed by atoms with Gasteiger partial charge in [0.25, 0.3) is 0 Å². The maximum Gasteiger partial charge on any atom is 0.445 e. The molecule has 0 amide bonds. The van der Waals surface area contributed by atoms with Crippen molar-refractivity contribution in [3.8, 4) is 0 Å². The topological polar surface area (TPSA) is 0 Å². The molecule has 94 valence electrons. The van der Waals surface area contributed by atoms with Gasteiger partial charge in [-0.05, 0) is 40.9 Å². The predicted octanol–water partition coefficient (Wildman–Crippen LogP) is 4.93. The maximum atomic E-state index is 12.2. The number of thioether (sulfide) groups is 1. The van der Waals surface area contributed by atoms with Crippen molar-refractivity contribution in [2.45, 2.75) is 11.7 Å². The Labute approximate surface area is 97.3 Å². The van der Waals surface area contributed by atoms with Gasteiger partial charge >= 0.3 is 11.7 Å². The number of hydrogen-bond acceptors (Lipinski definition) is 1. The Morgan fingerprint density at radius 1 is 0.882 bits per heavy atom. The fourth-order valence-corrected chi connectivity index (χ4v) is 1.35. The van der Waals surface area contributed by atoms with E-state index in [-0.39, 0.29) is 17.3 Å². The van der Waals surface area contributed by atoms with Crippen LogP contribution in [-0.4, -0.2) is 5.51 Å². The smallest absolute Gasteiger partial charge is 0.166 e. The fraction of sp³-hybridized carbons (Fsp3) is 0.200. The van der Waals surface area contributed by atoms with Crippen LogP contribution >= 0.6 is 11.8 Å². The first kappa shape index (κ1) is 14.0. The van der Waals surface area contributed by atoms with Crippen molar-refractivity contribution in [2.24, 2.45) is 0 Å². The molecule has 0 aliphatic carbocycles. The van der Waals surface area contributed by atoms with Gasteiger partial charge in [-0.25, -0.2) is 0 Å². The largest absolute Gasteiger partial charge is 0.445 e. The van der Waals surface area contributed by atoms with Crippen LogP contribution in [0.3, 0.4) is 0 Å². The van der Waals surface area contributed by atoms with Gasteiger partial charge < -0.3 is 0 Å². The predicted molar refractivity (Wildman–Crippen MR) is 54.1 cm³/mol. The van der Waals surface area contributed by atoms with Crippen molar-refractivity contribution < 1.29 is 26.3 Å². The summed E-state index contributed by atoms with van der Waals surface area (Å²) in [5.41, 5.74) is -4.95. The molecular formula is C10H6F6S. The average molecular weight is 272 g/mol. The summed E-state index contributed by atoms with van der Waals surface area (Å²) in [6, 6.07) is 3.85. The minimum Gasteiger partial charge on any atom is -0.166 e. The van der Waals surface area contributed by atoms with Crippen LogP contribution in [0.25, 0.3) is 6.08 Å². The molecule has 1 aromatic rings. The Kier molecular flexibility index (Phi) is 4.13. The molecule has 1 rings (SSSR count). The molecule has 0 radical (unpaired) electrons. The van der Waals surface area contributed by atoms with Crippen molar-refractivity contribution in [1.29, 1.82) is 0 Å². The third kappa shape index (κ3) is 5.16. The van der Waals surface area contributed by atoms with Crippen LogP contribution in [0, 0.1) is 0 Å². The normalized spacial score (nSPS) is 13.3. The van der Waals surface area contributed by atoms with E-state index in [1.54, 1.807) is 0 Å². The molecule has 0 aliphatic rings. The number of alkyl halides is 6. The second kappa shape index (κ2) is 5.03. The van der Waals surface area contributed by atoms with Crippen LogP contribution in [0.5, 0.6) is 0 Å². The third-order valence-electron chi connectivity index (χ3n) is 1.70. The quantitative estimate of drug-likeness (QED) is 0.688. The molecular weight excluding hydrogens is 266 g/mol. The van der Waals surface area contributed by atoms with E-state index in [1.165, 1.54) is 0 Å². The van der Waals surface area contributed by atoms with Gasteiger partial charge in [-0.1, -0.05) is 12.1 Å². The van der Waals surface area contributed by atoms with E-state index in [1.807, 2.05) is 0 Å². The van der Waals surface area contributed by atoms with E-state index in [2.05, 4.69) is 0 Å². The Hall–Kier alpha value is -1.11. The Morgan fingerprint density at radius 3 is 1.82 bits per heavy atom. The molecule has 7 heteroatoms.